The second-order valence-corrected chi connectivity index (χ2v) is 11.5. The Morgan fingerprint density at radius 1 is 1.11 bits per heavy atom. The van der Waals surface area contributed by atoms with Crippen molar-refractivity contribution in [2.45, 2.75) is 88.6 Å². The number of carbonyl (C=O) groups is 1. The number of aliphatic hydroxyl groups excluding tert-OH is 1. The van der Waals surface area contributed by atoms with Crippen LogP contribution < -0.4 is 0 Å². The van der Waals surface area contributed by atoms with Crippen molar-refractivity contribution in [2.24, 2.45) is 28.6 Å². The Morgan fingerprint density at radius 2 is 1.89 bits per heavy atom. The van der Waals surface area contributed by atoms with E-state index in [0.717, 1.165) is 38.0 Å². The van der Waals surface area contributed by atoms with Crippen molar-refractivity contribution in [3.63, 3.8) is 0 Å². The number of carbonyl (C=O) groups excluding carboxylic acids is 1. The first-order chi connectivity index (χ1) is 12.8. The third-order valence-corrected chi connectivity index (χ3v) is 10.8. The number of hydrogen-bond donors (Lipinski definition) is 1. The first-order valence-electron chi connectivity index (χ1n) is 11.0. The van der Waals surface area contributed by atoms with Crippen LogP contribution in [0.1, 0.15) is 71.6 Å². The van der Waals surface area contributed by atoms with Crippen LogP contribution in [0.15, 0.2) is 11.6 Å². The normalized spacial score (nSPS) is 54.1. The zero-order chi connectivity index (χ0) is 19.0. The van der Waals surface area contributed by atoms with E-state index in [9.17, 15) is 9.90 Å². The van der Waals surface area contributed by atoms with Crippen LogP contribution in [0.3, 0.4) is 0 Å². The highest BCUT2D eigenvalue weighted by Gasteiger charge is 2.68. The highest BCUT2D eigenvalue weighted by molar-refractivity contribution is 7.99. The lowest BCUT2D eigenvalue weighted by atomic mass is 9.46. The van der Waals surface area contributed by atoms with Crippen molar-refractivity contribution in [2.75, 3.05) is 6.26 Å². The Bertz CT molecular complexity index is 689. The molecule has 8 atom stereocenters. The van der Waals surface area contributed by atoms with Gasteiger partial charge in [0.25, 0.3) is 0 Å². The predicted octanol–water partition coefficient (Wildman–Crippen LogP) is 4.73. The fourth-order valence-corrected chi connectivity index (χ4v) is 9.23. The molecule has 0 aromatic heterocycles. The molecule has 0 amide bonds. The summed E-state index contributed by atoms with van der Waals surface area (Å²) in [5.41, 5.74) is 1.77. The summed E-state index contributed by atoms with van der Waals surface area (Å²) in [6, 6.07) is 0. The van der Waals surface area contributed by atoms with Crippen molar-refractivity contribution in [3.05, 3.63) is 11.6 Å². The number of ether oxygens (including phenoxy) is 1. The molecule has 27 heavy (non-hydrogen) atoms. The van der Waals surface area contributed by atoms with Gasteiger partial charge in [-0.25, -0.2) is 0 Å². The maximum atomic E-state index is 12.0. The number of rotatable bonds is 1. The molecule has 3 nitrogen and oxygen atoms in total. The molecule has 4 fully saturated rings. The maximum absolute atomic E-state index is 12.0. The van der Waals surface area contributed by atoms with E-state index < -0.39 is 0 Å². The molecule has 3 saturated carbocycles. The van der Waals surface area contributed by atoms with Gasteiger partial charge in [-0.2, -0.15) is 11.8 Å². The van der Waals surface area contributed by atoms with Gasteiger partial charge in [-0.05, 0) is 80.8 Å². The quantitative estimate of drug-likeness (QED) is 0.519. The standard InChI is InChI=1S/C23H34O3S/c1-21-8-4-15(24)12-14(21)13-18(27-3)20-16(21)5-9-22(2)17(20)6-10-23(22)11-7-19(25)26-23/h12,15-18,20,24H,4-11,13H2,1-3H3/t15?,16-,17-,18+,20+,21-,22-,23+/m0/s1. The van der Waals surface area contributed by atoms with E-state index in [1.807, 2.05) is 11.8 Å². The van der Waals surface area contributed by atoms with E-state index in [1.165, 1.54) is 24.8 Å². The molecular formula is C23H34O3S. The highest BCUT2D eigenvalue weighted by atomic mass is 32.2. The second kappa shape index (κ2) is 6.01. The van der Waals surface area contributed by atoms with Gasteiger partial charge >= 0.3 is 5.97 Å². The molecule has 0 radical (unpaired) electrons. The van der Waals surface area contributed by atoms with E-state index in [4.69, 9.17) is 4.74 Å². The van der Waals surface area contributed by atoms with Crippen LogP contribution in [-0.2, 0) is 9.53 Å². The molecule has 1 N–H and O–H groups in total. The maximum Gasteiger partial charge on any atom is 0.306 e. The Morgan fingerprint density at radius 3 is 2.59 bits per heavy atom. The lowest BCUT2D eigenvalue weighted by Gasteiger charge is -2.61. The third-order valence-electron chi connectivity index (χ3n) is 9.72. The van der Waals surface area contributed by atoms with Gasteiger partial charge in [-0.1, -0.05) is 25.5 Å². The van der Waals surface area contributed by atoms with Gasteiger partial charge < -0.3 is 9.84 Å². The van der Waals surface area contributed by atoms with Gasteiger partial charge in [0.2, 0.25) is 0 Å². The van der Waals surface area contributed by atoms with Crippen molar-refractivity contribution >= 4 is 17.7 Å². The predicted molar refractivity (Wildman–Crippen MR) is 108 cm³/mol. The number of esters is 1. The lowest BCUT2D eigenvalue weighted by molar-refractivity contribution is -0.167. The van der Waals surface area contributed by atoms with Gasteiger partial charge in [-0.15, -0.1) is 0 Å². The first kappa shape index (κ1) is 18.5. The molecule has 4 aliphatic carbocycles. The summed E-state index contributed by atoms with van der Waals surface area (Å²) < 4.78 is 6.09. The monoisotopic (exact) mass is 390 g/mol. The Hall–Kier alpha value is -0.480. The molecule has 5 rings (SSSR count). The van der Waals surface area contributed by atoms with Gasteiger partial charge in [0.1, 0.15) is 5.60 Å². The van der Waals surface area contributed by atoms with Crippen molar-refractivity contribution in [1.29, 1.82) is 0 Å². The van der Waals surface area contributed by atoms with E-state index in [2.05, 4.69) is 26.2 Å². The minimum Gasteiger partial charge on any atom is -0.458 e. The Balaban J connectivity index is 1.54. The van der Waals surface area contributed by atoms with E-state index in [1.54, 1.807) is 0 Å². The molecule has 1 aliphatic heterocycles. The first-order valence-corrected chi connectivity index (χ1v) is 12.3. The van der Waals surface area contributed by atoms with Crippen LogP contribution in [0.25, 0.3) is 0 Å². The molecule has 0 aromatic carbocycles. The largest absolute Gasteiger partial charge is 0.458 e. The van der Waals surface area contributed by atoms with E-state index in [0.29, 0.717) is 23.5 Å². The molecule has 1 unspecified atom stereocenters. The molecule has 4 heteroatoms. The zero-order valence-corrected chi connectivity index (χ0v) is 17.8. The number of allylic oxidation sites excluding steroid dienone is 1. The summed E-state index contributed by atoms with van der Waals surface area (Å²) in [5.74, 6) is 2.13. The van der Waals surface area contributed by atoms with Crippen molar-refractivity contribution in [3.8, 4) is 0 Å². The summed E-state index contributed by atoms with van der Waals surface area (Å²) in [6.45, 7) is 4.94. The smallest absolute Gasteiger partial charge is 0.306 e. The SMILES string of the molecule is CS[C@@H]1CC2=CC(O)CC[C@]2(C)[C@H]2CC[C@@]3(C)[C@@H](CC[C@@]34CCC(=O)O4)[C@H]12. The topological polar surface area (TPSA) is 46.5 Å². The number of aliphatic hydroxyl groups is 1. The molecule has 1 heterocycles. The van der Waals surface area contributed by atoms with E-state index in [-0.39, 0.29) is 28.5 Å². The average molecular weight is 391 g/mol. The van der Waals surface area contributed by atoms with Crippen LogP contribution >= 0.6 is 11.8 Å². The summed E-state index contributed by atoms with van der Waals surface area (Å²) in [6.07, 6.45) is 13.7. The van der Waals surface area contributed by atoms with Crippen LogP contribution in [0.4, 0.5) is 0 Å². The molecule has 150 valence electrons. The Kier molecular flexibility index (Phi) is 4.13. The molecule has 5 aliphatic rings. The zero-order valence-electron chi connectivity index (χ0n) is 17.0. The fourth-order valence-electron chi connectivity index (χ4n) is 8.19. The van der Waals surface area contributed by atoms with Gasteiger partial charge in [0, 0.05) is 17.1 Å². The minimum absolute atomic E-state index is 0.0301. The average Bonchev–Trinajstić information content (AvgIpc) is 3.16. The molecule has 0 bridgehead atoms. The summed E-state index contributed by atoms with van der Waals surface area (Å²) in [4.78, 5) is 12.0. The highest BCUT2D eigenvalue weighted by Crippen LogP contribution is 2.70. The van der Waals surface area contributed by atoms with Crippen molar-refractivity contribution in [1.82, 2.24) is 0 Å². The fraction of sp³-hybridized carbons (Fsp3) is 0.870. The molecule has 1 saturated heterocycles. The summed E-state index contributed by atoms with van der Waals surface area (Å²) >= 11 is 2.04. The molecule has 1 spiro atoms. The number of fused-ring (bicyclic) bond motifs is 6. The van der Waals surface area contributed by atoms with Gasteiger partial charge in [0.05, 0.1) is 6.10 Å². The van der Waals surface area contributed by atoms with Gasteiger partial charge in [0.15, 0.2) is 0 Å². The number of hydrogen-bond acceptors (Lipinski definition) is 4. The Labute approximate surface area is 167 Å². The van der Waals surface area contributed by atoms with Crippen LogP contribution in [-0.4, -0.2) is 34.3 Å². The minimum atomic E-state index is -0.242. The van der Waals surface area contributed by atoms with E-state index >= 15 is 0 Å². The second-order valence-electron chi connectivity index (χ2n) is 10.4. The third kappa shape index (κ3) is 2.35. The molecular weight excluding hydrogens is 356 g/mol. The van der Waals surface area contributed by atoms with Crippen LogP contribution in [0.5, 0.6) is 0 Å². The van der Waals surface area contributed by atoms with Crippen molar-refractivity contribution < 1.29 is 14.6 Å². The van der Waals surface area contributed by atoms with Gasteiger partial charge in [-0.3, -0.25) is 4.79 Å². The summed E-state index contributed by atoms with van der Waals surface area (Å²) in [7, 11) is 0. The molecule has 0 aromatic rings. The number of thioether (sulfide) groups is 1. The van der Waals surface area contributed by atoms with Crippen LogP contribution in [0.2, 0.25) is 0 Å². The lowest BCUT2D eigenvalue weighted by Crippen LogP contribution is -2.57. The summed E-state index contributed by atoms with van der Waals surface area (Å²) in [5, 5.41) is 10.9. The van der Waals surface area contributed by atoms with Crippen LogP contribution in [0, 0.1) is 28.6 Å².